The molecule has 0 bridgehead atoms. The Labute approximate surface area is 170 Å². The van der Waals surface area contributed by atoms with E-state index in [2.05, 4.69) is 10.6 Å². The zero-order valence-corrected chi connectivity index (χ0v) is 16.3. The Bertz CT molecular complexity index is 925. The fraction of sp³-hybridized carbons (Fsp3) is 0.167. The van der Waals surface area contributed by atoms with E-state index in [1.807, 2.05) is 60.7 Å². The summed E-state index contributed by atoms with van der Waals surface area (Å²) >= 11 is 0. The standard InChI is InChI=1S/C24H24N2O3/c1-29-21-14-12-19(13-15-21)17-25-24(28)22(16-18-8-4-2-5-9-18)26-23(27)20-10-6-3-7-11-20/h2-15,22H,16-17H2,1H3,(H,25,28)(H,26,27)/t22-/m1/s1. The van der Waals surface area contributed by atoms with Crippen LogP contribution in [0.3, 0.4) is 0 Å². The second-order valence-corrected chi connectivity index (χ2v) is 6.65. The van der Waals surface area contributed by atoms with Gasteiger partial charge in [0.15, 0.2) is 0 Å². The highest BCUT2D eigenvalue weighted by molar-refractivity contribution is 5.97. The summed E-state index contributed by atoms with van der Waals surface area (Å²) in [7, 11) is 1.61. The summed E-state index contributed by atoms with van der Waals surface area (Å²) in [6, 6.07) is 25.3. The van der Waals surface area contributed by atoms with Crippen molar-refractivity contribution in [1.29, 1.82) is 0 Å². The van der Waals surface area contributed by atoms with Crippen LogP contribution in [0, 0.1) is 0 Å². The van der Waals surface area contributed by atoms with Gasteiger partial charge in [0.05, 0.1) is 7.11 Å². The first-order chi connectivity index (χ1) is 14.2. The molecule has 2 amide bonds. The lowest BCUT2D eigenvalue weighted by atomic mass is 10.0. The zero-order chi connectivity index (χ0) is 20.5. The van der Waals surface area contributed by atoms with Crippen LogP contribution in [0.2, 0.25) is 0 Å². The van der Waals surface area contributed by atoms with Crippen molar-refractivity contribution in [3.63, 3.8) is 0 Å². The summed E-state index contributed by atoms with van der Waals surface area (Å²) in [4.78, 5) is 25.4. The van der Waals surface area contributed by atoms with Crippen molar-refractivity contribution in [2.24, 2.45) is 0 Å². The van der Waals surface area contributed by atoms with Crippen molar-refractivity contribution >= 4 is 11.8 Å². The lowest BCUT2D eigenvalue weighted by molar-refractivity contribution is -0.123. The molecule has 0 fully saturated rings. The summed E-state index contributed by atoms with van der Waals surface area (Å²) in [6.07, 6.45) is 0.411. The molecule has 0 unspecified atom stereocenters. The van der Waals surface area contributed by atoms with E-state index < -0.39 is 6.04 Å². The van der Waals surface area contributed by atoms with Crippen LogP contribution in [0.25, 0.3) is 0 Å². The lowest BCUT2D eigenvalue weighted by Gasteiger charge is -2.19. The Hall–Kier alpha value is -3.60. The molecule has 2 N–H and O–H groups in total. The third kappa shape index (κ3) is 5.94. The molecule has 0 aliphatic carbocycles. The van der Waals surface area contributed by atoms with E-state index >= 15 is 0 Å². The molecule has 5 nitrogen and oxygen atoms in total. The van der Waals surface area contributed by atoms with Gasteiger partial charge in [-0.25, -0.2) is 0 Å². The van der Waals surface area contributed by atoms with E-state index in [0.717, 1.165) is 16.9 Å². The SMILES string of the molecule is COc1ccc(CNC(=O)[C@@H](Cc2ccccc2)NC(=O)c2ccccc2)cc1. The van der Waals surface area contributed by atoms with Crippen LogP contribution in [0.4, 0.5) is 0 Å². The predicted molar refractivity (Wildman–Crippen MR) is 113 cm³/mol. The maximum absolute atomic E-state index is 12.9. The minimum Gasteiger partial charge on any atom is -0.497 e. The first-order valence-corrected chi connectivity index (χ1v) is 9.46. The molecule has 0 spiro atoms. The average Bonchev–Trinajstić information content (AvgIpc) is 2.78. The smallest absolute Gasteiger partial charge is 0.251 e. The van der Waals surface area contributed by atoms with Gasteiger partial charge in [-0.05, 0) is 35.4 Å². The largest absolute Gasteiger partial charge is 0.497 e. The maximum Gasteiger partial charge on any atom is 0.251 e. The number of rotatable bonds is 8. The number of carbonyl (C=O) groups is 2. The zero-order valence-electron chi connectivity index (χ0n) is 16.3. The van der Waals surface area contributed by atoms with Gasteiger partial charge in [-0.15, -0.1) is 0 Å². The summed E-state index contributed by atoms with van der Waals surface area (Å²) in [6.45, 7) is 0.370. The van der Waals surface area contributed by atoms with E-state index in [-0.39, 0.29) is 11.8 Å². The van der Waals surface area contributed by atoms with Gasteiger partial charge in [0.1, 0.15) is 11.8 Å². The number of hydrogen-bond acceptors (Lipinski definition) is 3. The van der Waals surface area contributed by atoms with Gasteiger partial charge in [-0.3, -0.25) is 9.59 Å². The second kappa shape index (κ2) is 10.1. The molecule has 148 valence electrons. The van der Waals surface area contributed by atoms with Crippen molar-refractivity contribution < 1.29 is 14.3 Å². The van der Waals surface area contributed by atoms with Gasteiger partial charge in [-0.1, -0.05) is 60.7 Å². The van der Waals surface area contributed by atoms with Crippen LogP contribution in [0.5, 0.6) is 5.75 Å². The van der Waals surface area contributed by atoms with Crippen molar-refractivity contribution in [1.82, 2.24) is 10.6 Å². The minimum absolute atomic E-state index is 0.228. The van der Waals surface area contributed by atoms with Crippen LogP contribution in [-0.2, 0) is 17.8 Å². The minimum atomic E-state index is -0.677. The normalized spacial score (nSPS) is 11.3. The molecular formula is C24H24N2O3. The van der Waals surface area contributed by atoms with E-state index in [9.17, 15) is 9.59 Å². The molecule has 1 atom stereocenters. The maximum atomic E-state index is 12.9. The van der Waals surface area contributed by atoms with Gasteiger partial charge < -0.3 is 15.4 Å². The van der Waals surface area contributed by atoms with Gasteiger partial charge in [0.2, 0.25) is 5.91 Å². The monoisotopic (exact) mass is 388 g/mol. The lowest BCUT2D eigenvalue weighted by Crippen LogP contribution is -2.47. The van der Waals surface area contributed by atoms with Gasteiger partial charge in [0.25, 0.3) is 5.91 Å². The van der Waals surface area contributed by atoms with Gasteiger partial charge in [-0.2, -0.15) is 0 Å². The van der Waals surface area contributed by atoms with Crippen LogP contribution >= 0.6 is 0 Å². The number of hydrogen-bond donors (Lipinski definition) is 2. The summed E-state index contributed by atoms with van der Waals surface area (Å²) < 4.78 is 5.15. The molecule has 0 aliphatic heterocycles. The molecular weight excluding hydrogens is 364 g/mol. The molecule has 0 saturated carbocycles. The van der Waals surface area contributed by atoms with E-state index in [1.165, 1.54) is 0 Å². The highest BCUT2D eigenvalue weighted by Crippen LogP contribution is 2.11. The second-order valence-electron chi connectivity index (χ2n) is 6.65. The Morgan fingerprint density at radius 2 is 1.45 bits per heavy atom. The highest BCUT2D eigenvalue weighted by atomic mass is 16.5. The quantitative estimate of drug-likeness (QED) is 0.622. The third-order valence-electron chi connectivity index (χ3n) is 4.57. The molecule has 29 heavy (non-hydrogen) atoms. The summed E-state index contributed by atoms with van der Waals surface area (Å²) in [5.74, 6) is 0.261. The fourth-order valence-corrected chi connectivity index (χ4v) is 2.95. The van der Waals surface area contributed by atoms with Crippen molar-refractivity contribution in [3.05, 3.63) is 102 Å². The molecule has 3 aromatic carbocycles. The predicted octanol–water partition coefficient (Wildman–Crippen LogP) is 3.35. The van der Waals surface area contributed by atoms with Crippen molar-refractivity contribution in [2.45, 2.75) is 19.0 Å². The Kier molecular flexibility index (Phi) is 7.00. The number of amides is 2. The highest BCUT2D eigenvalue weighted by Gasteiger charge is 2.21. The van der Waals surface area contributed by atoms with Crippen LogP contribution in [-0.4, -0.2) is 25.0 Å². The average molecular weight is 388 g/mol. The van der Waals surface area contributed by atoms with Crippen LogP contribution < -0.4 is 15.4 Å². The van der Waals surface area contributed by atoms with E-state index in [4.69, 9.17) is 4.74 Å². The number of ether oxygens (including phenoxy) is 1. The molecule has 0 aromatic heterocycles. The van der Waals surface area contributed by atoms with Crippen molar-refractivity contribution in [2.75, 3.05) is 7.11 Å². The fourth-order valence-electron chi connectivity index (χ4n) is 2.95. The Morgan fingerprint density at radius 3 is 2.07 bits per heavy atom. The molecule has 0 aliphatic rings. The van der Waals surface area contributed by atoms with Gasteiger partial charge >= 0.3 is 0 Å². The first-order valence-electron chi connectivity index (χ1n) is 9.46. The van der Waals surface area contributed by atoms with E-state index in [1.54, 1.807) is 31.4 Å². The molecule has 5 heteroatoms. The number of methoxy groups -OCH3 is 1. The number of carbonyl (C=O) groups excluding carboxylic acids is 2. The Morgan fingerprint density at radius 1 is 0.828 bits per heavy atom. The molecule has 0 radical (unpaired) electrons. The third-order valence-corrected chi connectivity index (χ3v) is 4.57. The molecule has 3 aromatic rings. The molecule has 3 rings (SSSR count). The van der Waals surface area contributed by atoms with Crippen LogP contribution in [0.15, 0.2) is 84.9 Å². The van der Waals surface area contributed by atoms with Crippen LogP contribution in [0.1, 0.15) is 21.5 Å². The first kappa shape index (κ1) is 20.1. The van der Waals surface area contributed by atoms with Gasteiger partial charge in [0, 0.05) is 18.5 Å². The summed E-state index contributed by atoms with van der Waals surface area (Å²) in [5.41, 5.74) is 2.45. The molecule has 0 heterocycles. The topological polar surface area (TPSA) is 67.4 Å². The molecule has 0 saturated heterocycles. The Balaban J connectivity index is 1.68. The number of nitrogens with one attached hydrogen (secondary N) is 2. The summed E-state index contributed by atoms with van der Waals surface area (Å²) in [5, 5.41) is 5.78. The number of benzene rings is 3. The van der Waals surface area contributed by atoms with E-state index in [0.29, 0.717) is 18.5 Å². The van der Waals surface area contributed by atoms with Crippen molar-refractivity contribution in [3.8, 4) is 5.75 Å².